The van der Waals surface area contributed by atoms with Crippen LogP contribution in [0.2, 0.25) is 0 Å². The molecule has 0 radical (unpaired) electrons. The van der Waals surface area contributed by atoms with Gasteiger partial charge in [0.1, 0.15) is 48.8 Å². The molecular formula is C12H26CaO12. The van der Waals surface area contributed by atoms with Gasteiger partial charge in [0.25, 0.3) is 0 Å². The molecule has 0 aromatic rings. The fraction of sp³-hybridized carbons (Fsp3) is 1.00. The number of aliphatic hydroxyl groups excluding tert-OH is 8. The van der Waals surface area contributed by atoms with Crippen LogP contribution >= 0.6 is 0 Å². The summed E-state index contributed by atoms with van der Waals surface area (Å²) in [7, 11) is 0. The molecule has 25 heavy (non-hydrogen) atoms. The summed E-state index contributed by atoms with van der Waals surface area (Å²) < 4.78 is 15.3. The van der Waals surface area contributed by atoms with Crippen LogP contribution in [0.1, 0.15) is 0 Å². The Labute approximate surface area is 172 Å². The standard InChI is InChI=1S/C12H22O11.Ca.H2O.2H/c13-1-3-5(15)6(16)9(19)12(22-3)23-10-4(2-14)21-11(20)8(18)7(10)17;;;;/h3-20H,1-2H2;;1H2;;/t3-,4-,5+,6+,7-,8-,9-,10-,11-,12+;;;;/m1..../s1. The third kappa shape index (κ3) is 5.40. The third-order valence-electron chi connectivity index (χ3n) is 3.98. The zero-order chi connectivity index (χ0) is 17.3. The van der Waals surface area contributed by atoms with Crippen molar-refractivity contribution >= 4 is 37.7 Å². The molecule has 0 bridgehead atoms. The molecule has 0 aromatic heterocycles. The van der Waals surface area contributed by atoms with Gasteiger partial charge in [-0.1, -0.05) is 0 Å². The Morgan fingerprint density at radius 1 is 0.680 bits per heavy atom. The summed E-state index contributed by atoms with van der Waals surface area (Å²) in [4.78, 5) is 0. The normalized spacial score (nSPS) is 47.5. The molecule has 2 rings (SSSR count). The van der Waals surface area contributed by atoms with Gasteiger partial charge < -0.3 is 60.5 Å². The Balaban J connectivity index is 0.00000288. The molecule has 2 fully saturated rings. The molecule has 10 N–H and O–H groups in total. The summed E-state index contributed by atoms with van der Waals surface area (Å²) in [6, 6.07) is 0. The summed E-state index contributed by atoms with van der Waals surface area (Å²) in [6.07, 6.45) is -15.6. The van der Waals surface area contributed by atoms with E-state index in [1.807, 2.05) is 0 Å². The first-order valence-electron chi connectivity index (χ1n) is 7.08. The molecule has 10 atom stereocenters. The molecular weight excluding hydrogens is 376 g/mol. The predicted molar refractivity (Wildman–Crippen MR) is 80.8 cm³/mol. The monoisotopic (exact) mass is 402 g/mol. The van der Waals surface area contributed by atoms with Crippen LogP contribution in [0.4, 0.5) is 0 Å². The number of hydrogen-bond acceptors (Lipinski definition) is 11. The predicted octanol–water partition coefficient (Wildman–Crippen LogP) is -7.14. The molecule has 0 spiro atoms. The zero-order valence-corrected chi connectivity index (χ0v) is 12.5. The Hall–Kier alpha value is 0.780. The first kappa shape index (κ1) is 25.8. The van der Waals surface area contributed by atoms with Crippen molar-refractivity contribution in [2.45, 2.75) is 61.4 Å². The van der Waals surface area contributed by atoms with Crippen molar-refractivity contribution in [3.8, 4) is 0 Å². The van der Waals surface area contributed by atoms with Gasteiger partial charge in [-0.3, -0.25) is 0 Å². The maximum absolute atomic E-state index is 9.94. The van der Waals surface area contributed by atoms with E-state index in [0.717, 1.165) is 0 Å². The second kappa shape index (κ2) is 10.9. The fourth-order valence-electron chi connectivity index (χ4n) is 2.57. The maximum atomic E-state index is 9.94. The first-order valence-corrected chi connectivity index (χ1v) is 7.08. The fourth-order valence-corrected chi connectivity index (χ4v) is 2.57. The van der Waals surface area contributed by atoms with Crippen molar-refractivity contribution in [2.24, 2.45) is 0 Å². The van der Waals surface area contributed by atoms with Crippen molar-refractivity contribution < 1.29 is 60.5 Å². The zero-order valence-electron chi connectivity index (χ0n) is 12.5. The van der Waals surface area contributed by atoms with Crippen LogP contribution in [0.25, 0.3) is 0 Å². The van der Waals surface area contributed by atoms with Crippen molar-refractivity contribution in [2.75, 3.05) is 13.2 Å². The number of aliphatic hydroxyl groups is 8. The third-order valence-corrected chi connectivity index (χ3v) is 3.98. The number of ether oxygens (including phenoxy) is 3. The topological polar surface area (TPSA) is 221 Å². The van der Waals surface area contributed by atoms with Crippen LogP contribution in [0.3, 0.4) is 0 Å². The van der Waals surface area contributed by atoms with E-state index in [9.17, 15) is 35.7 Å². The summed E-state index contributed by atoms with van der Waals surface area (Å²) in [5.74, 6) is 0. The Kier molecular flexibility index (Phi) is 11.3. The molecule has 0 aliphatic carbocycles. The Bertz CT molecular complexity index is 385. The van der Waals surface area contributed by atoms with Crippen LogP contribution < -0.4 is 0 Å². The Morgan fingerprint density at radius 3 is 1.76 bits per heavy atom. The molecule has 2 saturated heterocycles. The van der Waals surface area contributed by atoms with Gasteiger partial charge in [-0.2, -0.15) is 0 Å². The molecule has 13 heteroatoms. The van der Waals surface area contributed by atoms with E-state index in [2.05, 4.69) is 0 Å². The average Bonchev–Trinajstić information content (AvgIpc) is 2.55. The molecule has 0 aromatic carbocycles. The van der Waals surface area contributed by atoms with Gasteiger partial charge >= 0.3 is 37.7 Å². The molecule has 0 saturated carbocycles. The van der Waals surface area contributed by atoms with Gasteiger partial charge in [-0.05, 0) is 0 Å². The van der Waals surface area contributed by atoms with E-state index in [-0.39, 0.29) is 43.2 Å². The van der Waals surface area contributed by atoms with Crippen molar-refractivity contribution in [1.29, 1.82) is 0 Å². The first-order chi connectivity index (χ1) is 10.8. The number of hydrogen-bond donors (Lipinski definition) is 8. The van der Waals surface area contributed by atoms with Gasteiger partial charge in [-0.15, -0.1) is 0 Å². The summed E-state index contributed by atoms with van der Waals surface area (Å²) >= 11 is 0. The average molecular weight is 402 g/mol. The van der Waals surface area contributed by atoms with E-state index in [0.29, 0.717) is 0 Å². The quantitative estimate of drug-likeness (QED) is 0.206. The van der Waals surface area contributed by atoms with Crippen molar-refractivity contribution in [1.82, 2.24) is 0 Å². The van der Waals surface area contributed by atoms with Crippen molar-refractivity contribution in [3.63, 3.8) is 0 Å². The molecule has 0 amide bonds. The number of rotatable bonds is 4. The van der Waals surface area contributed by atoms with E-state index >= 15 is 0 Å². The summed E-state index contributed by atoms with van der Waals surface area (Å²) in [5, 5.41) is 76.5. The van der Waals surface area contributed by atoms with E-state index < -0.39 is 74.6 Å². The van der Waals surface area contributed by atoms with Crippen LogP contribution in [0, 0.1) is 0 Å². The molecule has 12 nitrogen and oxygen atoms in total. The van der Waals surface area contributed by atoms with Crippen LogP contribution in [0.15, 0.2) is 0 Å². The molecule has 148 valence electrons. The van der Waals surface area contributed by atoms with Crippen LogP contribution in [-0.4, -0.2) is 159 Å². The van der Waals surface area contributed by atoms with E-state index in [4.69, 9.17) is 19.3 Å². The molecule has 2 aliphatic rings. The van der Waals surface area contributed by atoms with Crippen LogP contribution in [0.5, 0.6) is 0 Å². The SMILES string of the molecule is O.OC[C@H]1O[C@@H](O[C@H]2[C@H](O)[C@@H](O)[C@H](O)O[C@@H]2CO)[C@H](O)[C@@H](O)[C@H]1O.[CaH2]. The Morgan fingerprint density at radius 2 is 1.24 bits per heavy atom. The summed E-state index contributed by atoms with van der Waals surface area (Å²) in [6.45, 7) is -1.35. The van der Waals surface area contributed by atoms with Gasteiger partial charge in [-0.25, -0.2) is 0 Å². The van der Waals surface area contributed by atoms with E-state index in [1.165, 1.54) is 0 Å². The van der Waals surface area contributed by atoms with E-state index in [1.54, 1.807) is 0 Å². The summed E-state index contributed by atoms with van der Waals surface area (Å²) in [5.41, 5.74) is 0. The van der Waals surface area contributed by atoms with Crippen molar-refractivity contribution in [3.05, 3.63) is 0 Å². The molecule has 0 unspecified atom stereocenters. The molecule has 2 aliphatic heterocycles. The minimum absolute atomic E-state index is 0. The molecule has 2 heterocycles. The van der Waals surface area contributed by atoms with Gasteiger partial charge in [0.2, 0.25) is 0 Å². The van der Waals surface area contributed by atoms with Gasteiger partial charge in [0.15, 0.2) is 12.6 Å². The van der Waals surface area contributed by atoms with Crippen LogP contribution in [-0.2, 0) is 14.2 Å². The second-order valence-corrected chi connectivity index (χ2v) is 5.53. The minimum atomic E-state index is -1.74. The van der Waals surface area contributed by atoms with Gasteiger partial charge in [0.05, 0.1) is 13.2 Å². The van der Waals surface area contributed by atoms with Gasteiger partial charge in [0, 0.05) is 0 Å². The second-order valence-electron chi connectivity index (χ2n) is 5.53.